The standard InChI is InChI=1S/C28H26FN3O3S/c1-36-21-11-9-18(10-12-21)14-24(30-27(34)22-5-2-3-6-23(22)29)28(35)31-15-19-13-20(17-31)25-7-4-8-26(33)32(25)16-19/h2-12,14,19-20H,13,15-17H2,1H3,(H,30,34)/b24-14-/t19-,20+/m0/s1. The minimum atomic E-state index is -0.678. The van der Waals surface area contributed by atoms with Crippen molar-refractivity contribution < 1.29 is 14.0 Å². The molecule has 0 radical (unpaired) electrons. The first-order chi connectivity index (χ1) is 17.4. The Morgan fingerprint density at radius 3 is 2.53 bits per heavy atom. The maximum absolute atomic E-state index is 14.3. The number of nitrogens with one attached hydrogen (secondary N) is 1. The highest BCUT2D eigenvalue weighted by atomic mass is 32.2. The highest BCUT2D eigenvalue weighted by Gasteiger charge is 2.37. The van der Waals surface area contributed by atoms with Gasteiger partial charge in [-0.2, -0.15) is 0 Å². The Morgan fingerprint density at radius 1 is 1.00 bits per heavy atom. The Hall–Kier alpha value is -3.65. The zero-order valence-electron chi connectivity index (χ0n) is 19.8. The molecule has 0 spiro atoms. The Labute approximate surface area is 212 Å². The minimum absolute atomic E-state index is 0.0200. The Balaban J connectivity index is 1.45. The van der Waals surface area contributed by atoms with Crippen molar-refractivity contribution in [1.82, 2.24) is 14.8 Å². The molecule has 0 unspecified atom stereocenters. The molecule has 36 heavy (non-hydrogen) atoms. The van der Waals surface area contributed by atoms with Gasteiger partial charge in [0.25, 0.3) is 17.4 Å². The Kier molecular flexibility index (Phi) is 6.78. The second-order valence-electron chi connectivity index (χ2n) is 9.17. The monoisotopic (exact) mass is 503 g/mol. The quantitative estimate of drug-likeness (QED) is 0.420. The number of hydrogen-bond donors (Lipinski definition) is 1. The van der Waals surface area contributed by atoms with E-state index >= 15 is 0 Å². The molecular formula is C28H26FN3O3S. The number of carbonyl (C=O) groups excluding carboxylic acids is 2. The lowest BCUT2D eigenvalue weighted by atomic mass is 9.83. The number of halogens is 1. The van der Waals surface area contributed by atoms with Crippen LogP contribution in [0, 0.1) is 11.7 Å². The molecule has 184 valence electrons. The highest BCUT2D eigenvalue weighted by molar-refractivity contribution is 7.98. The van der Waals surface area contributed by atoms with Crippen LogP contribution in [0.25, 0.3) is 6.08 Å². The van der Waals surface area contributed by atoms with Gasteiger partial charge in [-0.25, -0.2) is 4.39 Å². The maximum Gasteiger partial charge on any atom is 0.270 e. The third-order valence-electron chi connectivity index (χ3n) is 6.79. The number of pyridine rings is 1. The average molecular weight is 504 g/mol. The van der Waals surface area contributed by atoms with Gasteiger partial charge in [-0.05, 0) is 60.6 Å². The molecule has 5 rings (SSSR count). The van der Waals surface area contributed by atoms with Crippen molar-refractivity contribution in [3.05, 3.63) is 105 Å². The largest absolute Gasteiger partial charge is 0.336 e. The van der Waals surface area contributed by atoms with Crippen molar-refractivity contribution in [2.75, 3.05) is 19.3 Å². The van der Waals surface area contributed by atoms with Gasteiger partial charge in [0, 0.05) is 42.2 Å². The summed E-state index contributed by atoms with van der Waals surface area (Å²) in [6.45, 7) is 1.48. The minimum Gasteiger partial charge on any atom is -0.336 e. The third kappa shape index (κ3) is 4.86. The summed E-state index contributed by atoms with van der Waals surface area (Å²) in [6.07, 6.45) is 4.52. The van der Waals surface area contributed by atoms with Crippen LogP contribution in [-0.2, 0) is 11.3 Å². The first-order valence-corrected chi connectivity index (χ1v) is 13.1. The molecule has 2 bridgehead atoms. The molecule has 1 saturated heterocycles. The smallest absolute Gasteiger partial charge is 0.270 e. The molecule has 1 fully saturated rings. The van der Waals surface area contributed by atoms with E-state index in [2.05, 4.69) is 5.32 Å². The van der Waals surface area contributed by atoms with E-state index in [1.807, 2.05) is 41.2 Å². The summed E-state index contributed by atoms with van der Waals surface area (Å²) in [5, 5.41) is 2.67. The number of hydrogen-bond acceptors (Lipinski definition) is 4. The predicted molar refractivity (Wildman–Crippen MR) is 138 cm³/mol. The van der Waals surface area contributed by atoms with Crippen molar-refractivity contribution >= 4 is 29.7 Å². The van der Waals surface area contributed by atoms with Gasteiger partial charge in [0.1, 0.15) is 11.5 Å². The second kappa shape index (κ2) is 10.1. The van der Waals surface area contributed by atoms with Crippen LogP contribution in [0.5, 0.6) is 0 Å². The molecule has 6 nitrogen and oxygen atoms in total. The van der Waals surface area contributed by atoms with Crippen LogP contribution in [0.1, 0.15) is 34.0 Å². The third-order valence-corrected chi connectivity index (χ3v) is 7.53. The van der Waals surface area contributed by atoms with Gasteiger partial charge in [0.2, 0.25) is 0 Å². The van der Waals surface area contributed by atoms with Crippen LogP contribution in [0.3, 0.4) is 0 Å². The molecule has 3 aromatic rings. The number of thioether (sulfide) groups is 1. The van der Waals surface area contributed by atoms with Crippen molar-refractivity contribution in [3.8, 4) is 0 Å². The van der Waals surface area contributed by atoms with E-state index in [4.69, 9.17) is 0 Å². The molecule has 0 saturated carbocycles. The van der Waals surface area contributed by atoms with Gasteiger partial charge in [-0.1, -0.05) is 30.3 Å². The molecule has 2 aromatic carbocycles. The fourth-order valence-corrected chi connectivity index (χ4v) is 5.49. The molecule has 3 heterocycles. The summed E-state index contributed by atoms with van der Waals surface area (Å²) in [5.41, 5.74) is 1.63. The molecule has 2 atom stereocenters. The number of nitrogens with zero attached hydrogens (tertiary/aromatic N) is 2. The van der Waals surface area contributed by atoms with Gasteiger partial charge >= 0.3 is 0 Å². The van der Waals surface area contributed by atoms with Crippen molar-refractivity contribution in [2.45, 2.75) is 23.8 Å². The first kappa shape index (κ1) is 24.1. The zero-order chi connectivity index (χ0) is 25.2. The zero-order valence-corrected chi connectivity index (χ0v) is 20.6. The summed E-state index contributed by atoms with van der Waals surface area (Å²) >= 11 is 1.61. The second-order valence-corrected chi connectivity index (χ2v) is 10.1. The number of piperidine rings is 1. The topological polar surface area (TPSA) is 71.4 Å². The van der Waals surface area contributed by atoms with E-state index in [1.54, 1.807) is 40.9 Å². The molecular weight excluding hydrogens is 477 g/mol. The number of amides is 2. The lowest BCUT2D eigenvalue weighted by Crippen LogP contribution is -2.50. The van der Waals surface area contributed by atoms with Gasteiger partial charge in [0.05, 0.1) is 5.56 Å². The summed E-state index contributed by atoms with van der Waals surface area (Å²) in [6, 6.07) is 18.6. The van der Waals surface area contributed by atoms with Gasteiger partial charge in [-0.15, -0.1) is 11.8 Å². The van der Waals surface area contributed by atoms with E-state index in [1.165, 1.54) is 18.2 Å². The molecule has 2 aliphatic rings. The van der Waals surface area contributed by atoms with Crippen LogP contribution < -0.4 is 10.9 Å². The van der Waals surface area contributed by atoms with E-state index in [-0.39, 0.29) is 34.6 Å². The van der Waals surface area contributed by atoms with E-state index in [0.717, 1.165) is 22.6 Å². The first-order valence-electron chi connectivity index (χ1n) is 11.8. The fraction of sp³-hybridized carbons (Fsp3) is 0.250. The lowest BCUT2D eigenvalue weighted by Gasteiger charge is -2.43. The summed E-state index contributed by atoms with van der Waals surface area (Å²) in [7, 11) is 0. The Morgan fingerprint density at radius 2 is 1.78 bits per heavy atom. The normalized spacial score (nSPS) is 18.9. The highest BCUT2D eigenvalue weighted by Crippen LogP contribution is 2.35. The van der Waals surface area contributed by atoms with Gasteiger partial charge in [0.15, 0.2) is 0 Å². The van der Waals surface area contributed by atoms with Crippen LogP contribution in [0.4, 0.5) is 4.39 Å². The van der Waals surface area contributed by atoms with Crippen LogP contribution in [0.15, 0.2) is 82.1 Å². The number of rotatable bonds is 5. The maximum atomic E-state index is 14.3. The predicted octanol–water partition coefficient (Wildman–Crippen LogP) is 4.13. The molecule has 1 aromatic heterocycles. The fourth-order valence-electron chi connectivity index (χ4n) is 5.09. The molecule has 8 heteroatoms. The number of benzene rings is 2. The molecule has 2 aliphatic heterocycles. The summed E-state index contributed by atoms with van der Waals surface area (Å²) in [5.74, 6) is -1.47. The summed E-state index contributed by atoms with van der Waals surface area (Å²) in [4.78, 5) is 41.9. The van der Waals surface area contributed by atoms with Crippen LogP contribution >= 0.6 is 11.8 Å². The number of aromatic nitrogens is 1. The molecule has 0 aliphatic carbocycles. The molecule has 1 N–H and O–H groups in total. The number of fused-ring (bicyclic) bond motifs is 4. The SMILES string of the molecule is CSc1ccc(/C=C(\NC(=O)c2ccccc2F)C(=O)N2C[C@@H]3C[C@H](C2)c2cccc(=O)n2C3)cc1. The summed E-state index contributed by atoms with van der Waals surface area (Å²) < 4.78 is 16.1. The molecule has 2 amide bonds. The van der Waals surface area contributed by atoms with Crippen LogP contribution in [0.2, 0.25) is 0 Å². The van der Waals surface area contributed by atoms with Gasteiger partial charge in [-0.3, -0.25) is 14.4 Å². The Bertz CT molecular complexity index is 1400. The average Bonchev–Trinajstić information content (AvgIpc) is 2.89. The van der Waals surface area contributed by atoms with Crippen LogP contribution in [-0.4, -0.2) is 40.6 Å². The van der Waals surface area contributed by atoms with Gasteiger partial charge < -0.3 is 14.8 Å². The van der Waals surface area contributed by atoms with E-state index in [9.17, 15) is 18.8 Å². The van der Waals surface area contributed by atoms with E-state index < -0.39 is 11.7 Å². The lowest BCUT2D eigenvalue weighted by molar-refractivity contribution is -0.130. The number of likely N-dealkylation sites (tertiary alicyclic amines) is 1. The van der Waals surface area contributed by atoms with Crippen molar-refractivity contribution in [2.24, 2.45) is 5.92 Å². The van der Waals surface area contributed by atoms with E-state index in [0.29, 0.717) is 19.6 Å². The van der Waals surface area contributed by atoms with Crippen molar-refractivity contribution in [1.29, 1.82) is 0 Å². The van der Waals surface area contributed by atoms with Crippen molar-refractivity contribution in [3.63, 3.8) is 0 Å². The number of carbonyl (C=O) groups is 2.